The van der Waals surface area contributed by atoms with Crippen molar-refractivity contribution in [1.82, 2.24) is 25.1 Å². The Morgan fingerprint density at radius 1 is 1.10 bits per heavy atom. The number of rotatable bonds is 7. The lowest BCUT2D eigenvalue weighted by Crippen LogP contribution is -2.41. The highest BCUT2D eigenvalue weighted by Gasteiger charge is 2.32. The summed E-state index contributed by atoms with van der Waals surface area (Å²) in [4.78, 5) is 13.9. The third kappa shape index (κ3) is 4.68. The van der Waals surface area contributed by atoms with E-state index in [4.69, 9.17) is 17.3 Å². The van der Waals surface area contributed by atoms with Crippen LogP contribution in [0.5, 0.6) is 0 Å². The summed E-state index contributed by atoms with van der Waals surface area (Å²) in [5, 5.41) is 13.3. The predicted octanol–water partition coefficient (Wildman–Crippen LogP) is 2.86. The number of hydrogen-bond donors (Lipinski definition) is 1. The molecular formula is C22H25ClN6O. The molecule has 1 fully saturated rings. The molecule has 1 aliphatic heterocycles. The Bertz CT molecular complexity index is 967. The van der Waals surface area contributed by atoms with Gasteiger partial charge in [-0.15, -0.1) is 5.10 Å². The van der Waals surface area contributed by atoms with Crippen LogP contribution in [0.3, 0.4) is 0 Å². The van der Waals surface area contributed by atoms with Crippen molar-refractivity contribution < 1.29 is 4.79 Å². The minimum absolute atomic E-state index is 0.0683. The number of likely N-dealkylation sites (tertiary alicyclic amines) is 1. The standard InChI is InChI=1S/C22H25ClN6O/c23-19-8-6-17(7-9-19)20(28-13-11-18(12-14-28)21(24)30)22-25-26-27-29(22)15-10-16-4-2-1-3-5-16/h1-9,18,20H,10-15H2,(H2,24,30)/t20-/m1/s1. The Balaban J connectivity index is 1.60. The van der Waals surface area contributed by atoms with E-state index in [1.165, 1.54) is 5.56 Å². The fraction of sp³-hybridized carbons (Fsp3) is 0.364. The SMILES string of the molecule is NC(=O)C1CCN([C@H](c2ccc(Cl)cc2)c2nnnn2CCc2ccccc2)CC1. The monoisotopic (exact) mass is 424 g/mol. The lowest BCUT2D eigenvalue weighted by atomic mass is 9.93. The molecule has 1 aromatic heterocycles. The average molecular weight is 425 g/mol. The van der Waals surface area contributed by atoms with Gasteiger partial charge in [-0.05, 0) is 66.0 Å². The predicted molar refractivity (Wildman–Crippen MR) is 115 cm³/mol. The van der Waals surface area contributed by atoms with Gasteiger partial charge in [0.1, 0.15) is 0 Å². The highest BCUT2D eigenvalue weighted by Crippen LogP contribution is 2.32. The summed E-state index contributed by atoms with van der Waals surface area (Å²) in [5.41, 5.74) is 7.84. The Morgan fingerprint density at radius 2 is 1.80 bits per heavy atom. The molecule has 156 valence electrons. The normalized spacial score (nSPS) is 16.4. The molecule has 2 aromatic carbocycles. The third-order valence-corrected chi connectivity index (χ3v) is 5.99. The van der Waals surface area contributed by atoms with E-state index in [1.807, 2.05) is 47.1 Å². The van der Waals surface area contributed by atoms with E-state index >= 15 is 0 Å². The number of nitrogens with two attached hydrogens (primary N) is 1. The Morgan fingerprint density at radius 3 is 2.47 bits per heavy atom. The topological polar surface area (TPSA) is 89.9 Å². The number of hydrogen-bond acceptors (Lipinski definition) is 5. The molecule has 7 nitrogen and oxygen atoms in total. The summed E-state index contributed by atoms with van der Waals surface area (Å²) < 4.78 is 1.88. The summed E-state index contributed by atoms with van der Waals surface area (Å²) in [7, 11) is 0. The van der Waals surface area contributed by atoms with Gasteiger partial charge >= 0.3 is 0 Å². The zero-order valence-corrected chi connectivity index (χ0v) is 17.4. The molecule has 0 aliphatic carbocycles. The van der Waals surface area contributed by atoms with Crippen LogP contribution >= 0.6 is 11.6 Å². The van der Waals surface area contributed by atoms with Crippen molar-refractivity contribution in [1.29, 1.82) is 0 Å². The van der Waals surface area contributed by atoms with Gasteiger partial charge < -0.3 is 5.73 Å². The summed E-state index contributed by atoms with van der Waals surface area (Å²) >= 11 is 6.12. The number of halogens is 1. The number of benzene rings is 2. The van der Waals surface area contributed by atoms with Crippen molar-refractivity contribution in [2.45, 2.75) is 31.8 Å². The molecule has 3 aromatic rings. The maximum Gasteiger partial charge on any atom is 0.220 e. The Kier molecular flexibility index (Phi) is 6.40. The van der Waals surface area contributed by atoms with E-state index in [-0.39, 0.29) is 17.9 Å². The summed E-state index contributed by atoms with van der Waals surface area (Å²) in [6.07, 6.45) is 2.33. The molecule has 1 atom stereocenters. The fourth-order valence-electron chi connectivity index (χ4n) is 4.06. The van der Waals surface area contributed by atoms with Gasteiger partial charge in [-0.3, -0.25) is 9.69 Å². The molecule has 1 saturated heterocycles. The number of aryl methyl sites for hydroxylation is 2. The molecule has 1 amide bonds. The molecule has 1 aliphatic rings. The third-order valence-electron chi connectivity index (χ3n) is 5.74. The lowest BCUT2D eigenvalue weighted by molar-refractivity contribution is -0.123. The van der Waals surface area contributed by atoms with Crippen molar-refractivity contribution in [3.8, 4) is 0 Å². The highest BCUT2D eigenvalue weighted by atomic mass is 35.5. The largest absolute Gasteiger partial charge is 0.369 e. The Labute approximate surface area is 180 Å². The van der Waals surface area contributed by atoms with Crippen molar-refractivity contribution in [2.75, 3.05) is 13.1 Å². The number of nitrogens with zero attached hydrogens (tertiary/aromatic N) is 5. The molecule has 0 bridgehead atoms. The molecular weight excluding hydrogens is 400 g/mol. The number of primary amides is 1. The molecule has 8 heteroatoms. The van der Waals surface area contributed by atoms with Crippen LogP contribution in [-0.4, -0.2) is 44.1 Å². The van der Waals surface area contributed by atoms with Gasteiger partial charge in [0.15, 0.2) is 5.82 Å². The van der Waals surface area contributed by atoms with Gasteiger partial charge in [0.05, 0.1) is 6.04 Å². The first-order valence-corrected chi connectivity index (χ1v) is 10.6. The second-order valence-electron chi connectivity index (χ2n) is 7.66. The van der Waals surface area contributed by atoms with Crippen LogP contribution in [0.2, 0.25) is 5.02 Å². The molecule has 2 N–H and O–H groups in total. The van der Waals surface area contributed by atoms with Crippen molar-refractivity contribution in [2.24, 2.45) is 11.7 Å². The van der Waals surface area contributed by atoms with E-state index in [0.717, 1.165) is 43.7 Å². The van der Waals surface area contributed by atoms with Gasteiger partial charge in [-0.25, -0.2) is 4.68 Å². The van der Waals surface area contributed by atoms with Crippen molar-refractivity contribution >= 4 is 17.5 Å². The number of aromatic nitrogens is 4. The average Bonchev–Trinajstić information content (AvgIpc) is 3.23. The van der Waals surface area contributed by atoms with E-state index in [0.29, 0.717) is 11.6 Å². The molecule has 0 radical (unpaired) electrons. The second kappa shape index (κ2) is 9.36. The highest BCUT2D eigenvalue weighted by molar-refractivity contribution is 6.30. The Hall–Kier alpha value is -2.77. The van der Waals surface area contributed by atoms with Crippen LogP contribution in [0.15, 0.2) is 54.6 Å². The van der Waals surface area contributed by atoms with E-state index in [2.05, 4.69) is 32.6 Å². The van der Waals surface area contributed by atoms with Crippen LogP contribution < -0.4 is 5.73 Å². The molecule has 0 unspecified atom stereocenters. The quantitative estimate of drug-likeness (QED) is 0.629. The van der Waals surface area contributed by atoms with Crippen molar-refractivity contribution in [3.05, 3.63) is 76.6 Å². The number of amides is 1. The van der Waals surface area contributed by atoms with Crippen LogP contribution in [0.1, 0.15) is 35.8 Å². The molecule has 4 rings (SSSR count). The molecule has 0 spiro atoms. The lowest BCUT2D eigenvalue weighted by Gasteiger charge is -2.36. The summed E-state index contributed by atoms with van der Waals surface area (Å²) in [6, 6.07) is 18.0. The number of tetrazole rings is 1. The number of carbonyl (C=O) groups excluding carboxylic acids is 1. The number of carbonyl (C=O) groups is 1. The minimum atomic E-state index is -0.217. The van der Waals surface area contributed by atoms with Gasteiger partial charge in [-0.2, -0.15) is 0 Å². The number of piperidine rings is 1. The second-order valence-corrected chi connectivity index (χ2v) is 8.10. The molecule has 2 heterocycles. The maximum absolute atomic E-state index is 11.6. The smallest absolute Gasteiger partial charge is 0.220 e. The van der Waals surface area contributed by atoms with Gasteiger partial charge in [0.25, 0.3) is 0 Å². The molecule has 30 heavy (non-hydrogen) atoms. The fourth-order valence-corrected chi connectivity index (χ4v) is 4.18. The van der Waals surface area contributed by atoms with Crippen LogP contribution in [-0.2, 0) is 17.8 Å². The van der Waals surface area contributed by atoms with Crippen LogP contribution in [0.4, 0.5) is 0 Å². The van der Waals surface area contributed by atoms with Crippen LogP contribution in [0, 0.1) is 5.92 Å². The molecule has 0 saturated carbocycles. The first-order chi connectivity index (χ1) is 14.6. The minimum Gasteiger partial charge on any atom is -0.369 e. The first-order valence-electron chi connectivity index (χ1n) is 10.2. The van der Waals surface area contributed by atoms with Gasteiger partial charge in [0, 0.05) is 17.5 Å². The van der Waals surface area contributed by atoms with Gasteiger partial charge in [-0.1, -0.05) is 54.1 Å². The van der Waals surface area contributed by atoms with E-state index < -0.39 is 0 Å². The summed E-state index contributed by atoms with van der Waals surface area (Å²) in [5.74, 6) is 0.511. The van der Waals surface area contributed by atoms with Crippen molar-refractivity contribution in [3.63, 3.8) is 0 Å². The van der Waals surface area contributed by atoms with E-state index in [9.17, 15) is 4.79 Å². The zero-order chi connectivity index (χ0) is 20.9. The maximum atomic E-state index is 11.6. The summed E-state index contributed by atoms with van der Waals surface area (Å²) in [6.45, 7) is 2.20. The van der Waals surface area contributed by atoms with E-state index in [1.54, 1.807) is 0 Å². The van der Waals surface area contributed by atoms with Crippen LogP contribution in [0.25, 0.3) is 0 Å². The zero-order valence-electron chi connectivity index (χ0n) is 16.7. The first kappa shape index (κ1) is 20.5. The van der Waals surface area contributed by atoms with Gasteiger partial charge in [0.2, 0.25) is 5.91 Å².